The van der Waals surface area contributed by atoms with Crippen LogP contribution < -0.4 is 10.9 Å². The highest BCUT2D eigenvalue weighted by atomic mass is 16.1. The first-order valence-electron chi connectivity index (χ1n) is 9.05. The largest absolute Gasteiger partial charge is 0.326 e. The van der Waals surface area contributed by atoms with Crippen LogP contribution in [0, 0.1) is 0 Å². The number of rotatable bonds is 5. The lowest BCUT2D eigenvalue weighted by Crippen LogP contribution is -2.22. The average molecular weight is 373 g/mol. The molecule has 7 heteroatoms. The Labute approximate surface area is 161 Å². The fraction of sp³-hybridized carbons (Fsp3) is 0.143. The molecule has 2 aromatic heterocycles. The van der Waals surface area contributed by atoms with Gasteiger partial charge in [-0.15, -0.1) is 0 Å². The van der Waals surface area contributed by atoms with Gasteiger partial charge in [0.2, 0.25) is 5.91 Å². The minimum absolute atomic E-state index is 0.0143. The number of aromatic amines is 1. The number of nitrogens with one attached hydrogen (secondary N) is 2. The summed E-state index contributed by atoms with van der Waals surface area (Å²) >= 11 is 0. The van der Waals surface area contributed by atoms with Gasteiger partial charge in [0.1, 0.15) is 5.52 Å². The second kappa shape index (κ2) is 7.48. The Bertz CT molecular complexity index is 1190. The summed E-state index contributed by atoms with van der Waals surface area (Å²) < 4.78 is 1.43. The van der Waals surface area contributed by atoms with Crippen LogP contribution in [0.15, 0.2) is 65.5 Å². The quantitative estimate of drug-likeness (QED) is 0.563. The molecule has 0 unspecified atom stereocenters. The minimum Gasteiger partial charge on any atom is -0.326 e. The molecule has 0 atom stereocenters. The summed E-state index contributed by atoms with van der Waals surface area (Å²) in [5.41, 5.74) is 3.41. The van der Waals surface area contributed by atoms with Gasteiger partial charge in [0.05, 0.1) is 12.1 Å². The molecule has 7 nitrogen and oxygen atoms in total. The molecule has 2 aromatic carbocycles. The molecule has 1 amide bonds. The van der Waals surface area contributed by atoms with Crippen molar-refractivity contribution < 1.29 is 4.79 Å². The summed E-state index contributed by atoms with van der Waals surface area (Å²) in [5.74, 6) is 0.131. The molecular formula is C21H19N5O2. The van der Waals surface area contributed by atoms with Crippen molar-refractivity contribution in [2.24, 2.45) is 0 Å². The molecule has 4 rings (SSSR count). The number of hydrogen-bond donors (Lipinski definition) is 2. The zero-order chi connectivity index (χ0) is 19.5. The van der Waals surface area contributed by atoms with Gasteiger partial charge in [-0.1, -0.05) is 49.4 Å². The predicted octanol–water partition coefficient (Wildman–Crippen LogP) is 2.83. The first-order valence-corrected chi connectivity index (χ1v) is 9.05. The summed E-state index contributed by atoms with van der Waals surface area (Å²) in [6.07, 6.45) is 0.876. The van der Waals surface area contributed by atoms with Crippen molar-refractivity contribution in [1.82, 2.24) is 19.8 Å². The monoisotopic (exact) mass is 373 g/mol. The van der Waals surface area contributed by atoms with E-state index >= 15 is 0 Å². The molecule has 0 radical (unpaired) electrons. The highest BCUT2D eigenvalue weighted by Gasteiger charge is 2.14. The van der Waals surface area contributed by atoms with Crippen molar-refractivity contribution in [2.45, 2.75) is 19.8 Å². The molecule has 0 saturated carbocycles. The summed E-state index contributed by atoms with van der Waals surface area (Å²) in [5, 5.41) is 13.8. The van der Waals surface area contributed by atoms with Crippen LogP contribution in [0.4, 0.5) is 5.69 Å². The van der Waals surface area contributed by atoms with Gasteiger partial charge < -0.3 is 5.32 Å². The number of amides is 1. The van der Waals surface area contributed by atoms with Crippen LogP contribution in [0.1, 0.15) is 18.3 Å². The van der Waals surface area contributed by atoms with Gasteiger partial charge in [-0.2, -0.15) is 10.2 Å². The number of benzene rings is 2. The Morgan fingerprint density at radius 2 is 1.93 bits per heavy atom. The number of anilines is 1. The third-order valence-corrected chi connectivity index (χ3v) is 4.48. The standard InChI is InChI=1S/C21H19N5O2/c1-2-14-7-6-10-16(11-14)22-20(27)13-19-23-24-21(28)18-12-17(25-26(18)19)15-8-4-3-5-9-15/h3-12H,2,13H2,1H3,(H,22,27)(H,24,28). The van der Waals surface area contributed by atoms with E-state index in [-0.39, 0.29) is 17.9 Å². The van der Waals surface area contributed by atoms with E-state index in [1.165, 1.54) is 4.52 Å². The fourth-order valence-electron chi connectivity index (χ4n) is 3.04. The number of H-pyrrole nitrogens is 1. The number of carbonyl (C=O) groups excluding carboxylic acids is 1. The number of aromatic nitrogens is 4. The molecular weight excluding hydrogens is 354 g/mol. The lowest BCUT2D eigenvalue weighted by Gasteiger charge is -2.07. The number of hydrogen-bond acceptors (Lipinski definition) is 4. The predicted molar refractivity (Wildman–Crippen MR) is 107 cm³/mol. The molecule has 0 bridgehead atoms. The third-order valence-electron chi connectivity index (χ3n) is 4.48. The SMILES string of the molecule is CCc1cccc(NC(=O)Cc2n[nH]c(=O)c3cc(-c4ccccc4)nn23)c1. The van der Waals surface area contributed by atoms with Crippen molar-refractivity contribution in [3.63, 3.8) is 0 Å². The molecule has 2 heterocycles. The fourth-order valence-corrected chi connectivity index (χ4v) is 3.04. The molecule has 0 saturated heterocycles. The van der Waals surface area contributed by atoms with E-state index in [0.29, 0.717) is 17.0 Å². The van der Waals surface area contributed by atoms with Crippen molar-refractivity contribution in [3.8, 4) is 11.3 Å². The van der Waals surface area contributed by atoms with E-state index in [0.717, 1.165) is 23.2 Å². The van der Waals surface area contributed by atoms with Crippen molar-refractivity contribution >= 4 is 17.1 Å². The lowest BCUT2D eigenvalue weighted by molar-refractivity contribution is -0.115. The Hall–Kier alpha value is -3.74. The lowest BCUT2D eigenvalue weighted by atomic mass is 10.1. The third kappa shape index (κ3) is 3.55. The van der Waals surface area contributed by atoms with E-state index in [4.69, 9.17) is 0 Å². The van der Waals surface area contributed by atoms with Crippen LogP contribution in [-0.4, -0.2) is 25.7 Å². The number of nitrogens with zero attached hydrogens (tertiary/aromatic N) is 3. The molecule has 4 aromatic rings. The van der Waals surface area contributed by atoms with Gasteiger partial charge in [0, 0.05) is 11.3 Å². The summed E-state index contributed by atoms with van der Waals surface area (Å²) in [7, 11) is 0. The zero-order valence-electron chi connectivity index (χ0n) is 15.3. The van der Waals surface area contributed by atoms with Crippen molar-refractivity contribution in [3.05, 3.63) is 82.4 Å². The van der Waals surface area contributed by atoms with Crippen LogP contribution in [0.3, 0.4) is 0 Å². The van der Waals surface area contributed by atoms with Gasteiger partial charge in [0.25, 0.3) is 5.56 Å². The average Bonchev–Trinajstić information content (AvgIpc) is 3.18. The van der Waals surface area contributed by atoms with E-state index in [1.54, 1.807) is 6.07 Å². The molecule has 0 fully saturated rings. The summed E-state index contributed by atoms with van der Waals surface area (Å²) in [4.78, 5) is 24.6. The zero-order valence-corrected chi connectivity index (χ0v) is 15.3. The van der Waals surface area contributed by atoms with Gasteiger partial charge in [-0.25, -0.2) is 9.61 Å². The van der Waals surface area contributed by atoms with Gasteiger partial charge in [-0.3, -0.25) is 9.59 Å². The molecule has 0 aliphatic heterocycles. The first-order chi connectivity index (χ1) is 13.6. The molecule has 0 aliphatic carbocycles. The Morgan fingerprint density at radius 3 is 2.71 bits per heavy atom. The number of aryl methyl sites for hydroxylation is 1. The smallest absolute Gasteiger partial charge is 0.290 e. The second-order valence-corrected chi connectivity index (χ2v) is 6.44. The molecule has 2 N–H and O–H groups in total. The van der Waals surface area contributed by atoms with Crippen LogP contribution in [0.5, 0.6) is 0 Å². The second-order valence-electron chi connectivity index (χ2n) is 6.44. The highest BCUT2D eigenvalue weighted by molar-refractivity contribution is 5.92. The van der Waals surface area contributed by atoms with Gasteiger partial charge in [-0.05, 0) is 30.2 Å². The van der Waals surface area contributed by atoms with Crippen molar-refractivity contribution in [2.75, 3.05) is 5.32 Å². The minimum atomic E-state index is -0.352. The molecule has 140 valence electrons. The number of carbonyl (C=O) groups is 1. The molecule has 0 spiro atoms. The molecule has 0 aliphatic rings. The highest BCUT2D eigenvalue weighted by Crippen LogP contribution is 2.18. The van der Waals surface area contributed by atoms with E-state index in [9.17, 15) is 9.59 Å². The summed E-state index contributed by atoms with van der Waals surface area (Å²) in [6.45, 7) is 2.06. The summed E-state index contributed by atoms with van der Waals surface area (Å²) in [6, 6.07) is 18.9. The maximum Gasteiger partial charge on any atom is 0.290 e. The number of fused-ring (bicyclic) bond motifs is 1. The maximum atomic E-state index is 12.5. The van der Waals surface area contributed by atoms with Crippen molar-refractivity contribution in [1.29, 1.82) is 0 Å². The molecule has 28 heavy (non-hydrogen) atoms. The van der Waals surface area contributed by atoms with Gasteiger partial charge >= 0.3 is 0 Å². The van der Waals surface area contributed by atoms with E-state index < -0.39 is 0 Å². The topological polar surface area (TPSA) is 92.1 Å². The Morgan fingerprint density at radius 1 is 1.11 bits per heavy atom. The van der Waals surface area contributed by atoms with E-state index in [1.807, 2.05) is 54.6 Å². The Balaban J connectivity index is 1.63. The Kier molecular flexibility index (Phi) is 4.72. The van der Waals surface area contributed by atoms with E-state index in [2.05, 4.69) is 27.5 Å². The first kappa shape index (κ1) is 17.7. The van der Waals surface area contributed by atoms with Crippen LogP contribution in [0.2, 0.25) is 0 Å². The van der Waals surface area contributed by atoms with Crippen LogP contribution >= 0.6 is 0 Å². The van der Waals surface area contributed by atoms with Crippen LogP contribution in [0.25, 0.3) is 16.8 Å². The van der Waals surface area contributed by atoms with Gasteiger partial charge in [0.15, 0.2) is 5.82 Å². The van der Waals surface area contributed by atoms with Crippen LogP contribution in [-0.2, 0) is 17.6 Å². The maximum absolute atomic E-state index is 12.5. The normalized spacial score (nSPS) is 10.9.